The summed E-state index contributed by atoms with van der Waals surface area (Å²) in [6.45, 7) is 2.80. The van der Waals surface area contributed by atoms with Crippen molar-refractivity contribution >= 4 is 11.6 Å². The maximum atomic E-state index is 5.80. The third-order valence-electron chi connectivity index (χ3n) is 2.94. The molecule has 0 saturated carbocycles. The summed E-state index contributed by atoms with van der Waals surface area (Å²) in [6.07, 6.45) is 2.71. The number of aromatic nitrogens is 1. The molecule has 2 aromatic rings. The number of nitrogens with two attached hydrogens (primary N) is 1. The van der Waals surface area contributed by atoms with Crippen molar-refractivity contribution < 1.29 is 4.74 Å². The van der Waals surface area contributed by atoms with E-state index in [2.05, 4.69) is 17.3 Å². The van der Waals surface area contributed by atoms with Gasteiger partial charge in [-0.05, 0) is 35.7 Å². The van der Waals surface area contributed by atoms with E-state index in [4.69, 9.17) is 22.2 Å². The van der Waals surface area contributed by atoms with Gasteiger partial charge in [-0.2, -0.15) is 0 Å². The molecule has 0 bridgehead atoms. The molecular formula is C15H18ClN3O. The molecule has 0 saturated heterocycles. The number of hydrazine groups is 1. The van der Waals surface area contributed by atoms with Gasteiger partial charge in [0.1, 0.15) is 10.9 Å². The fraction of sp³-hybridized carbons (Fsp3) is 0.267. The van der Waals surface area contributed by atoms with Crippen molar-refractivity contribution in [2.75, 3.05) is 6.61 Å². The molecular weight excluding hydrogens is 274 g/mol. The molecule has 1 aromatic heterocycles. The lowest BCUT2D eigenvalue weighted by molar-refractivity contribution is 0.317. The minimum absolute atomic E-state index is 0.125. The van der Waals surface area contributed by atoms with Crippen LogP contribution in [0, 0.1) is 0 Å². The Morgan fingerprint density at radius 3 is 2.45 bits per heavy atom. The fourth-order valence-corrected chi connectivity index (χ4v) is 2.03. The van der Waals surface area contributed by atoms with E-state index in [0.29, 0.717) is 5.15 Å². The van der Waals surface area contributed by atoms with E-state index in [0.717, 1.165) is 29.9 Å². The summed E-state index contributed by atoms with van der Waals surface area (Å²) in [5, 5.41) is 0.466. The van der Waals surface area contributed by atoms with E-state index in [-0.39, 0.29) is 6.04 Å². The van der Waals surface area contributed by atoms with Gasteiger partial charge in [-0.25, -0.2) is 10.4 Å². The average molecular weight is 292 g/mol. The number of nitrogens with zero attached hydrogens (tertiary/aromatic N) is 1. The first kappa shape index (κ1) is 14.8. The molecule has 0 fully saturated rings. The maximum Gasteiger partial charge on any atom is 0.129 e. The van der Waals surface area contributed by atoms with E-state index in [1.807, 2.05) is 30.3 Å². The summed E-state index contributed by atoms with van der Waals surface area (Å²) in [5.74, 6) is 6.51. The molecule has 3 N–H and O–H groups in total. The summed E-state index contributed by atoms with van der Waals surface area (Å²) in [6, 6.07) is 11.4. The molecule has 20 heavy (non-hydrogen) atoms. The molecule has 1 atom stereocenters. The number of hydrogen-bond donors (Lipinski definition) is 2. The standard InChI is InChI=1S/C15H18ClN3O/c1-2-9-20-13-6-3-11(4-7-13)15(19-17)12-5-8-14(16)18-10-12/h3-8,10,15,19H,2,9,17H2,1H3. The molecule has 0 amide bonds. The summed E-state index contributed by atoms with van der Waals surface area (Å²) >= 11 is 5.80. The Balaban J connectivity index is 2.17. The van der Waals surface area contributed by atoms with Gasteiger partial charge in [-0.15, -0.1) is 0 Å². The highest BCUT2D eigenvalue weighted by molar-refractivity contribution is 6.29. The average Bonchev–Trinajstić information content (AvgIpc) is 2.49. The van der Waals surface area contributed by atoms with Crippen LogP contribution < -0.4 is 16.0 Å². The first-order chi connectivity index (χ1) is 9.74. The second-order valence-electron chi connectivity index (χ2n) is 4.43. The van der Waals surface area contributed by atoms with Gasteiger partial charge in [0.05, 0.1) is 12.6 Å². The molecule has 1 aromatic carbocycles. The minimum Gasteiger partial charge on any atom is -0.494 e. The van der Waals surface area contributed by atoms with Crippen molar-refractivity contribution in [1.29, 1.82) is 0 Å². The predicted octanol–water partition coefficient (Wildman–Crippen LogP) is 3.08. The molecule has 2 rings (SSSR count). The lowest BCUT2D eigenvalue weighted by Gasteiger charge is -2.17. The van der Waals surface area contributed by atoms with Crippen LogP contribution in [0.2, 0.25) is 5.15 Å². The van der Waals surface area contributed by atoms with Crippen LogP contribution in [0.4, 0.5) is 0 Å². The van der Waals surface area contributed by atoms with Gasteiger partial charge < -0.3 is 4.74 Å². The van der Waals surface area contributed by atoms with Gasteiger partial charge in [-0.1, -0.05) is 36.7 Å². The SMILES string of the molecule is CCCOc1ccc(C(NN)c2ccc(Cl)nc2)cc1. The predicted molar refractivity (Wildman–Crippen MR) is 80.6 cm³/mol. The number of ether oxygens (including phenoxy) is 1. The molecule has 1 unspecified atom stereocenters. The Labute approximate surface area is 123 Å². The molecule has 106 valence electrons. The van der Waals surface area contributed by atoms with Gasteiger partial charge in [0.15, 0.2) is 0 Å². The van der Waals surface area contributed by atoms with Gasteiger partial charge in [0, 0.05) is 6.20 Å². The molecule has 0 aliphatic heterocycles. The van der Waals surface area contributed by atoms with Crippen LogP contribution >= 0.6 is 11.6 Å². The smallest absolute Gasteiger partial charge is 0.129 e. The van der Waals surface area contributed by atoms with Crippen LogP contribution in [0.5, 0.6) is 5.75 Å². The van der Waals surface area contributed by atoms with E-state index in [1.165, 1.54) is 0 Å². The van der Waals surface area contributed by atoms with Gasteiger partial charge in [0.2, 0.25) is 0 Å². The van der Waals surface area contributed by atoms with Crippen LogP contribution in [0.25, 0.3) is 0 Å². The molecule has 0 aliphatic rings. The number of pyridine rings is 1. The van der Waals surface area contributed by atoms with Crippen molar-refractivity contribution in [3.63, 3.8) is 0 Å². The number of nitrogens with one attached hydrogen (secondary N) is 1. The van der Waals surface area contributed by atoms with Crippen molar-refractivity contribution in [2.24, 2.45) is 5.84 Å². The molecule has 0 radical (unpaired) electrons. The Morgan fingerprint density at radius 2 is 1.90 bits per heavy atom. The first-order valence-corrected chi connectivity index (χ1v) is 6.92. The highest BCUT2D eigenvalue weighted by atomic mass is 35.5. The number of hydrogen-bond acceptors (Lipinski definition) is 4. The third-order valence-corrected chi connectivity index (χ3v) is 3.16. The zero-order valence-electron chi connectivity index (χ0n) is 11.3. The highest BCUT2D eigenvalue weighted by Gasteiger charge is 2.12. The number of halogens is 1. The third kappa shape index (κ3) is 3.70. The monoisotopic (exact) mass is 291 g/mol. The van der Waals surface area contributed by atoms with Crippen molar-refractivity contribution in [3.8, 4) is 5.75 Å². The van der Waals surface area contributed by atoms with Crippen LogP contribution in [-0.4, -0.2) is 11.6 Å². The quantitative estimate of drug-likeness (QED) is 0.488. The van der Waals surface area contributed by atoms with Crippen LogP contribution in [0.3, 0.4) is 0 Å². The van der Waals surface area contributed by atoms with Gasteiger partial charge >= 0.3 is 0 Å². The van der Waals surface area contributed by atoms with Crippen molar-refractivity contribution in [1.82, 2.24) is 10.4 Å². The minimum atomic E-state index is -0.125. The van der Waals surface area contributed by atoms with Gasteiger partial charge in [-0.3, -0.25) is 5.84 Å². The summed E-state index contributed by atoms with van der Waals surface area (Å²) in [7, 11) is 0. The zero-order valence-corrected chi connectivity index (χ0v) is 12.1. The van der Waals surface area contributed by atoms with Crippen molar-refractivity contribution in [2.45, 2.75) is 19.4 Å². The van der Waals surface area contributed by atoms with E-state index in [9.17, 15) is 0 Å². The maximum absolute atomic E-state index is 5.80. The number of rotatable bonds is 6. The summed E-state index contributed by atoms with van der Waals surface area (Å²) < 4.78 is 5.56. The zero-order chi connectivity index (χ0) is 14.4. The van der Waals surface area contributed by atoms with E-state index >= 15 is 0 Å². The first-order valence-electron chi connectivity index (χ1n) is 6.55. The molecule has 0 spiro atoms. The van der Waals surface area contributed by atoms with E-state index in [1.54, 1.807) is 12.3 Å². The van der Waals surface area contributed by atoms with Gasteiger partial charge in [0.25, 0.3) is 0 Å². The molecule has 1 heterocycles. The summed E-state index contributed by atoms with van der Waals surface area (Å²) in [5.41, 5.74) is 4.79. The topological polar surface area (TPSA) is 60.2 Å². The molecule has 0 aliphatic carbocycles. The summed E-state index contributed by atoms with van der Waals surface area (Å²) in [4.78, 5) is 4.08. The number of benzene rings is 1. The molecule has 4 nitrogen and oxygen atoms in total. The second-order valence-corrected chi connectivity index (χ2v) is 4.82. The van der Waals surface area contributed by atoms with Crippen molar-refractivity contribution in [3.05, 3.63) is 58.9 Å². The Kier molecular flexibility index (Phi) is 5.35. The van der Waals surface area contributed by atoms with Crippen LogP contribution in [-0.2, 0) is 0 Å². The normalized spacial score (nSPS) is 12.2. The Bertz CT molecular complexity index is 528. The Hall–Kier alpha value is -1.62. The molecule has 5 heteroatoms. The largest absolute Gasteiger partial charge is 0.494 e. The van der Waals surface area contributed by atoms with Crippen LogP contribution in [0.15, 0.2) is 42.6 Å². The lowest BCUT2D eigenvalue weighted by atomic mass is 10.0. The highest BCUT2D eigenvalue weighted by Crippen LogP contribution is 2.23. The fourth-order valence-electron chi connectivity index (χ4n) is 1.92. The van der Waals surface area contributed by atoms with Crippen LogP contribution in [0.1, 0.15) is 30.5 Å². The second kappa shape index (κ2) is 7.24. The van der Waals surface area contributed by atoms with E-state index < -0.39 is 0 Å². The lowest BCUT2D eigenvalue weighted by Crippen LogP contribution is -2.28. The Morgan fingerprint density at radius 1 is 1.20 bits per heavy atom.